The number of alkyl halides is 1. The van der Waals surface area contributed by atoms with Crippen molar-refractivity contribution in [3.8, 4) is 0 Å². The largest absolute Gasteiger partial charge is 0.401 e. The monoisotopic (exact) mass is 172 g/mol. The summed E-state index contributed by atoms with van der Waals surface area (Å²) in [5.74, 6) is -0.212. The van der Waals surface area contributed by atoms with Gasteiger partial charge in [-0.2, -0.15) is 0 Å². The van der Waals surface area contributed by atoms with E-state index in [0.29, 0.717) is 0 Å². The van der Waals surface area contributed by atoms with Gasteiger partial charge >= 0.3 is 0 Å². The minimum absolute atomic E-state index is 0.0243. The van der Waals surface area contributed by atoms with Gasteiger partial charge in [0, 0.05) is 24.8 Å². The molecule has 0 amide bonds. The molecular weight excluding hydrogens is 159 g/mol. The first-order valence-electron chi connectivity index (χ1n) is 3.75. The van der Waals surface area contributed by atoms with E-state index in [1.54, 1.807) is 6.92 Å². The standard InChI is InChI=1S/C8H13FN2O/c1-2-8(12)6(5-10)7(11)3-4-9/h5,10H,2-4,11H2,1H3/b7-6+,10-5?. The van der Waals surface area contributed by atoms with Gasteiger partial charge in [0.2, 0.25) is 0 Å². The van der Waals surface area contributed by atoms with Crippen molar-refractivity contribution in [2.45, 2.75) is 19.8 Å². The molecule has 0 fully saturated rings. The third kappa shape index (κ3) is 2.82. The number of hydrogen-bond donors (Lipinski definition) is 2. The second-order valence-electron chi connectivity index (χ2n) is 2.30. The topological polar surface area (TPSA) is 66.9 Å². The number of carbonyl (C=O) groups is 1. The molecule has 0 heterocycles. The molecule has 0 spiro atoms. The summed E-state index contributed by atoms with van der Waals surface area (Å²) in [4.78, 5) is 11.0. The molecule has 0 aromatic heterocycles. The van der Waals surface area contributed by atoms with Crippen LogP contribution in [0.15, 0.2) is 11.3 Å². The number of halogens is 1. The van der Waals surface area contributed by atoms with Crippen LogP contribution in [0.1, 0.15) is 19.8 Å². The minimum Gasteiger partial charge on any atom is -0.401 e. The van der Waals surface area contributed by atoms with Crippen molar-refractivity contribution in [1.82, 2.24) is 0 Å². The molecule has 3 N–H and O–H groups in total. The third-order valence-corrected chi connectivity index (χ3v) is 1.48. The second-order valence-corrected chi connectivity index (χ2v) is 2.30. The van der Waals surface area contributed by atoms with Crippen LogP contribution in [0.5, 0.6) is 0 Å². The van der Waals surface area contributed by atoms with Crippen LogP contribution >= 0.6 is 0 Å². The molecule has 0 rings (SSSR count). The fourth-order valence-electron chi connectivity index (χ4n) is 0.779. The Morgan fingerprint density at radius 1 is 1.67 bits per heavy atom. The highest BCUT2D eigenvalue weighted by atomic mass is 19.1. The van der Waals surface area contributed by atoms with Gasteiger partial charge in [-0.25, -0.2) is 0 Å². The first-order chi connectivity index (χ1) is 5.67. The Kier molecular flexibility index (Phi) is 4.92. The van der Waals surface area contributed by atoms with E-state index >= 15 is 0 Å². The molecule has 0 aliphatic carbocycles. The van der Waals surface area contributed by atoms with E-state index in [2.05, 4.69) is 0 Å². The Balaban J connectivity index is 4.60. The van der Waals surface area contributed by atoms with Crippen LogP contribution in [0.4, 0.5) is 4.39 Å². The second kappa shape index (κ2) is 5.46. The van der Waals surface area contributed by atoms with Crippen molar-refractivity contribution in [2.75, 3.05) is 6.67 Å². The lowest BCUT2D eigenvalue weighted by molar-refractivity contribution is -0.114. The summed E-state index contributed by atoms with van der Waals surface area (Å²) in [6.07, 6.45) is 1.20. The van der Waals surface area contributed by atoms with Gasteiger partial charge in [0.05, 0.1) is 12.2 Å². The molecular formula is C8H13FN2O. The third-order valence-electron chi connectivity index (χ3n) is 1.48. The summed E-state index contributed by atoms with van der Waals surface area (Å²) in [5, 5.41) is 6.90. The van der Waals surface area contributed by atoms with Crippen LogP contribution in [0, 0.1) is 5.41 Å². The predicted molar refractivity (Wildman–Crippen MR) is 45.9 cm³/mol. The Hall–Kier alpha value is -1.19. The Labute approximate surface area is 71.0 Å². The summed E-state index contributed by atoms with van der Waals surface area (Å²) >= 11 is 0. The van der Waals surface area contributed by atoms with Crippen LogP contribution < -0.4 is 5.73 Å². The molecule has 4 heteroatoms. The van der Waals surface area contributed by atoms with Gasteiger partial charge in [-0.15, -0.1) is 0 Å². The van der Waals surface area contributed by atoms with Crippen LogP contribution in [-0.2, 0) is 4.79 Å². The number of ketones is 1. The van der Waals surface area contributed by atoms with Gasteiger partial charge in [-0.05, 0) is 0 Å². The maximum absolute atomic E-state index is 11.8. The van der Waals surface area contributed by atoms with Crippen LogP contribution in [0.3, 0.4) is 0 Å². The summed E-state index contributed by atoms with van der Waals surface area (Å²) in [6, 6.07) is 0. The molecule has 0 bridgehead atoms. The zero-order valence-electron chi connectivity index (χ0n) is 7.06. The molecule has 12 heavy (non-hydrogen) atoms. The summed E-state index contributed by atoms with van der Waals surface area (Å²) in [7, 11) is 0. The quantitative estimate of drug-likeness (QED) is 0.483. The van der Waals surface area contributed by atoms with Gasteiger partial charge in [0.15, 0.2) is 5.78 Å². The zero-order valence-corrected chi connectivity index (χ0v) is 7.06. The molecule has 0 aliphatic heterocycles. The van der Waals surface area contributed by atoms with Crippen LogP contribution in [0.25, 0.3) is 0 Å². The first-order valence-corrected chi connectivity index (χ1v) is 3.75. The van der Waals surface area contributed by atoms with E-state index in [4.69, 9.17) is 11.1 Å². The highest BCUT2D eigenvalue weighted by Gasteiger charge is 2.08. The number of rotatable bonds is 5. The molecule has 0 radical (unpaired) electrons. The van der Waals surface area contributed by atoms with Crippen LogP contribution in [0.2, 0.25) is 0 Å². The fraction of sp³-hybridized carbons (Fsp3) is 0.500. The van der Waals surface area contributed by atoms with Crippen LogP contribution in [-0.4, -0.2) is 18.7 Å². The number of hydrogen-bond acceptors (Lipinski definition) is 3. The summed E-state index contributed by atoms with van der Waals surface area (Å²) in [5.41, 5.74) is 5.68. The SMILES string of the molecule is CCC(=O)/C(C=N)=C(/N)CCF. The number of allylic oxidation sites excluding steroid dienone is 2. The number of Topliss-reactive ketones (excluding diaryl/α,β-unsaturated/α-hetero) is 1. The fourth-order valence-corrected chi connectivity index (χ4v) is 0.779. The zero-order chi connectivity index (χ0) is 9.56. The highest BCUT2D eigenvalue weighted by molar-refractivity contribution is 6.12. The normalized spacial score (nSPS) is 12.2. The molecule has 0 aromatic rings. The number of nitrogens with one attached hydrogen (secondary N) is 1. The Bertz CT molecular complexity index is 211. The molecule has 0 saturated heterocycles. The summed E-state index contributed by atoms with van der Waals surface area (Å²) < 4.78 is 11.8. The van der Waals surface area contributed by atoms with E-state index in [1.807, 2.05) is 0 Å². The van der Waals surface area contributed by atoms with Crippen molar-refractivity contribution < 1.29 is 9.18 Å². The van der Waals surface area contributed by atoms with Crippen molar-refractivity contribution in [3.63, 3.8) is 0 Å². The lowest BCUT2D eigenvalue weighted by Gasteiger charge is -2.02. The van der Waals surface area contributed by atoms with E-state index in [1.165, 1.54) is 0 Å². The van der Waals surface area contributed by atoms with Crippen molar-refractivity contribution in [3.05, 3.63) is 11.3 Å². The van der Waals surface area contributed by atoms with E-state index in [0.717, 1.165) is 6.21 Å². The molecule has 0 aromatic carbocycles. The molecule has 0 atom stereocenters. The van der Waals surface area contributed by atoms with E-state index in [-0.39, 0.29) is 29.9 Å². The minimum atomic E-state index is -0.597. The van der Waals surface area contributed by atoms with Crippen molar-refractivity contribution in [1.29, 1.82) is 5.41 Å². The molecule has 0 aliphatic rings. The van der Waals surface area contributed by atoms with E-state index in [9.17, 15) is 9.18 Å². The number of nitrogens with two attached hydrogens (primary N) is 1. The van der Waals surface area contributed by atoms with E-state index < -0.39 is 6.67 Å². The summed E-state index contributed by atoms with van der Waals surface area (Å²) in [6.45, 7) is 1.08. The molecule has 0 saturated carbocycles. The van der Waals surface area contributed by atoms with Gasteiger partial charge in [-0.3, -0.25) is 9.18 Å². The molecule has 68 valence electrons. The Morgan fingerprint density at radius 2 is 2.25 bits per heavy atom. The first kappa shape index (κ1) is 10.8. The lowest BCUT2D eigenvalue weighted by atomic mass is 10.1. The van der Waals surface area contributed by atoms with Gasteiger partial charge in [0.1, 0.15) is 0 Å². The number of carbonyl (C=O) groups excluding carboxylic acids is 1. The predicted octanol–water partition coefficient (Wildman–Crippen LogP) is 1.19. The molecule has 0 unspecified atom stereocenters. The van der Waals surface area contributed by atoms with Crippen molar-refractivity contribution in [2.24, 2.45) is 5.73 Å². The lowest BCUT2D eigenvalue weighted by Crippen LogP contribution is -2.11. The average molecular weight is 172 g/mol. The van der Waals surface area contributed by atoms with Gasteiger partial charge < -0.3 is 11.1 Å². The smallest absolute Gasteiger partial charge is 0.165 e. The van der Waals surface area contributed by atoms with Gasteiger partial charge in [-0.1, -0.05) is 6.92 Å². The van der Waals surface area contributed by atoms with Crippen molar-refractivity contribution >= 4 is 12.0 Å². The Morgan fingerprint density at radius 3 is 2.58 bits per heavy atom. The average Bonchev–Trinajstić information content (AvgIpc) is 2.06. The van der Waals surface area contributed by atoms with Gasteiger partial charge in [0.25, 0.3) is 0 Å². The maximum Gasteiger partial charge on any atom is 0.165 e. The maximum atomic E-state index is 11.8. The highest BCUT2D eigenvalue weighted by Crippen LogP contribution is 2.04. The molecule has 3 nitrogen and oxygen atoms in total.